The van der Waals surface area contributed by atoms with Crippen molar-refractivity contribution < 1.29 is 19.3 Å². The number of carbonyl (C=O) groups excluding carboxylic acids is 1. The van der Waals surface area contributed by atoms with Gasteiger partial charge in [0.25, 0.3) is 0 Å². The Morgan fingerprint density at radius 3 is 2.62 bits per heavy atom. The van der Waals surface area contributed by atoms with Crippen molar-refractivity contribution in [3.63, 3.8) is 0 Å². The number of hydrogen-bond acceptors (Lipinski definition) is 4. The van der Waals surface area contributed by atoms with Crippen molar-refractivity contribution in [2.75, 3.05) is 7.11 Å². The lowest BCUT2D eigenvalue weighted by Gasteiger charge is -2.43. The second-order valence-corrected chi connectivity index (χ2v) is 8.61. The molecule has 2 unspecified atom stereocenters. The van der Waals surface area contributed by atoms with Crippen LogP contribution in [-0.4, -0.2) is 24.8 Å². The van der Waals surface area contributed by atoms with Crippen molar-refractivity contribution >= 4 is 5.97 Å². The average Bonchev–Trinajstić information content (AvgIpc) is 2.53. The number of ether oxygens (including phenoxy) is 1. The molecule has 4 nitrogen and oxygen atoms in total. The van der Waals surface area contributed by atoms with E-state index in [1.807, 2.05) is 6.92 Å². The zero-order valence-electron chi connectivity index (χ0n) is 16.0. The van der Waals surface area contributed by atoms with E-state index in [1.165, 1.54) is 25.5 Å². The molecule has 0 amide bonds. The Bertz CT molecular complexity index is 460. The Kier molecular flexibility index (Phi) is 6.14. The summed E-state index contributed by atoms with van der Waals surface area (Å²) < 4.78 is 4.79. The summed E-state index contributed by atoms with van der Waals surface area (Å²) in [6, 6.07) is 0. The maximum absolute atomic E-state index is 11.6. The van der Waals surface area contributed by atoms with Gasteiger partial charge >= 0.3 is 5.97 Å². The Balaban J connectivity index is 1.87. The monoisotopic (exact) mass is 338 g/mol. The maximum Gasteiger partial charge on any atom is 0.311 e. The molecule has 4 heteroatoms. The van der Waals surface area contributed by atoms with Crippen LogP contribution in [-0.2, 0) is 19.3 Å². The fraction of sp³-hybridized carbons (Fsp3) is 0.850. The Labute approximate surface area is 146 Å². The van der Waals surface area contributed by atoms with E-state index < -0.39 is 0 Å². The molecule has 1 saturated heterocycles. The van der Waals surface area contributed by atoms with E-state index >= 15 is 0 Å². The largest absolute Gasteiger partial charge is 0.469 e. The van der Waals surface area contributed by atoms with Gasteiger partial charge in [-0.2, -0.15) is 0 Å². The van der Waals surface area contributed by atoms with E-state index in [0.717, 1.165) is 32.1 Å². The van der Waals surface area contributed by atoms with Crippen molar-refractivity contribution in [2.24, 2.45) is 17.3 Å². The molecule has 0 radical (unpaired) electrons. The first-order valence-corrected chi connectivity index (χ1v) is 9.28. The number of methoxy groups -OCH3 is 1. The van der Waals surface area contributed by atoms with Gasteiger partial charge in [0, 0.05) is 0 Å². The summed E-state index contributed by atoms with van der Waals surface area (Å²) in [6.45, 7) is 13.0. The molecule has 0 aromatic heterocycles. The molecule has 1 saturated carbocycles. The highest BCUT2D eigenvalue weighted by Crippen LogP contribution is 2.47. The van der Waals surface area contributed by atoms with Gasteiger partial charge in [-0.15, -0.1) is 0 Å². The summed E-state index contributed by atoms with van der Waals surface area (Å²) in [4.78, 5) is 23.0. The van der Waals surface area contributed by atoms with Crippen LogP contribution in [0.4, 0.5) is 0 Å². The topological polar surface area (TPSA) is 44.8 Å². The third-order valence-corrected chi connectivity index (χ3v) is 6.18. The quantitative estimate of drug-likeness (QED) is 0.409. The molecule has 2 rings (SSSR count). The van der Waals surface area contributed by atoms with Gasteiger partial charge in [-0.3, -0.25) is 4.79 Å². The van der Waals surface area contributed by atoms with Gasteiger partial charge < -0.3 is 4.74 Å². The van der Waals surface area contributed by atoms with Gasteiger partial charge in [-0.25, -0.2) is 9.78 Å². The number of carbonyl (C=O) groups is 1. The van der Waals surface area contributed by atoms with Crippen molar-refractivity contribution in [1.29, 1.82) is 0 Å². The Hall–Kier alpha value is -0.870. The van der Waals surface area contributed by atoms with Crippen LogP contribution in [0.3, 0.4) is 0 Å². The lowest BCUT2D eigenvalue weighted by Crippen LogP contribution is -2.42. The third-order valence-electron chi connectivity index (χ3n) is 6.18. The normalized spacial score (nSPS) is 34.6. The zero-order chi connectivity index (χ0) is 18.0. The fourth-order valence-electron chi connectivity index (χ4n) is 4.27. The number of rotatable bonds is 5. The van der Waals surface area contributed by atoms with E-state index in [9.17, 15) is 4.79 Å². The van der Waals surface area contributed by atoms with Crippen molar-refractivity contribution in [3.8, 4) is 0 Å². The number of allylic oxidation sites excluding steroid dienone is 1. The number of hydrogen-bond donors (Lipinski definition) is 0. The summed E-state index contributed by atoms with van der Waals surface area (Å²) in [5, 5.41) is 0. The van der Waals surface area contributed by atoms with Gasteiger partial charge in [0.2, 0.25) is 0 Å². The van der Waals surface area contributed by atoms with E-state index in [-0.39, 0.29) is 23.6 Å². The highest BCUT2D eigenvalue weighted by atomic mass is 17.2. The lowest BCUT2D eigenvalue weighted by atomic mass is 9.64. The average molecular weight is 338 g/mol. The molecule has 1 heterocycles. The van der Waals surface area contributed by atoms with Crippen molar-refractivity contribution in [2.45, 2.75) is 84.3 Å². The molecule has 24 heavy (non-hydrogen) atoms. The lowest BCUT2D eigenvalue weighted by molar-refractivity contribution is -0.411. The van der Waals surface area contributed by atoms with Gasteiger partial charge in [-0.05, 0) is 70.1 Å². The minimum absolute atomic E-state index is 0.216. The second kappa shape index (κ2) is 7.57. The van der Waals surface area contributed by atoms with E-state index in [2.05, 4.69) is 27.4 Å². The zero-order valence-corrected chi connectivity index (χ0v) is 16.0. The Morgan fingerprint density at radius 1 is 1.38 bits per heavy atom. The van der Waals surface area contributed by atoms with Crippen LogP contribution in [0.1, 0.15) is 72.6 Å². The minimum Gasteiger partial charge on any atom is -0.469 e. The van der Waals surface area contributed by atoms with Crippen molar-refractivity contribution in [1.82, 2.24) is 0 Å². The van der Waals surface area contributed by atoms with Crippen LogP contribution >= 0.6 is 0 Å². The first-order chi connectivity index (χ1) is 11.2. The minimum atomic E-state index is -0.295. The fourth-order valence-corrected chi connectivity index (χ4v) is 4.27. The maximum atomic E-state index is 11.6. The molecule has 0 spiro atoms. The second-order valence-electron chi connectivity index (χ2n) is 8.61. The molecule has 1 aliphatic heterocycles. The standard InChI is InChI=1S/C20H34O4/c1-14-8-7-11-19(3,4)16(14)9-12-20(5)13-10-17(23-24-20)15(2)18(21)22-6/h15-17H,1,7-13H2,2-6H3/t15?,16?,17-,20-/m1/s1. The smallest absolute Gasteiger partial charge is 0.311 e. The van der Waals surface area contributed by atoms with Crippen LogP contribution in [0.5, 0.6) is 0 Å². The molecule has 0 N–H and O–H groups in total. The first-order valence-electron chi connectivity index (χ1n) is 9.28. The van der Waals surface area contributed by atoms with Gasteiger partial charge in [0.15, 0.2) is 0 Å². The summed E-state index contributed by atoms with van der Waals surface area (Å²) in [5.41, 5.74) is 1.44. The summed E-state index contributed by atoms with van der Waals surface area (Å²) in [7, 11) is 1.41. The third kappa shape index (κ3) is 4.40. The highest BCUT2D eigenvalue weighted by molar-refractivity contribution is 5.72. The highest BCUT2D eigenvalue weighted by Gasteiger charge is 2.40. The summed E-state index contributed by atoms with van der Waals surface area (Å²) in [6.07, 6.45) is 7.23. The first kappa shape index (κ1) is 19.5. The molecule has 4 atom stereocenters. The van der Waals surface area contributed by atoms with E-state index in [1.54, 1.807) is 0 Å². The Morgan fingerprint density at radius 2 is 2.08 bits per heavy atom. The van der Waals surface area contributed by atoms with E-state index in [4.69, 9.17) is 14.5 Å². The number of esters is 1. The van der Waals surface area contributed by atoms with E-state index in [0.29, 0.717) is 11.3 Å². The summed E-state index contributed by atoms with van der Waals surface area (Å²) >= 11 is 0. The van der Waals surface area contributed by atoms with Gasteiger partial charge in [-0.1, -0.05) is 26.0 Å². The molecule has 1 aliphatic carbocycles. The molecule has 138 valence electrons. The molecule has 0 aromatic rings. The summed E-state index contributed by atoms with van der Waals surface area (Å²) in [5.74, 6) is 0.0162. The van der Waals surface area contributed by atoms with Crippen LogP contribution in [0.2, 0.25) is 0 Å². The molecule has 2 fully saturated rings. The molecular formula is C20H34O4. The van der Waals surface area contributed by atoms with Crippen LogP contribution in [0.25, 0.3) is 0 Å². The predicted octanol–water partition coefficient (Wildman–Crippen LogP) is 4.83. The molecule has 0 bridgehead atoms. The molecule has 0 aromatic carbocycles. The van der Waals surface area contributed by atoms with Gasteiger partial charge in [0.05, 0.1) is 13.0 Å². The van der Waals surface area contributed by atoms with Crippen LogP contribution in [0, 0.1) is 17.3 Å². The predicted molar refractivity (Wildman–Crippen MR) is 94.3 cm³/mol. The SMILES string of the molecule is C=C1CCCC(C)(C)C1CC[C@]1(C)CC[C@H](C(C)C(=O)OC)OO1. The van der Waals surface area contributed by atoms with Crippen molar-refractivity contribution in [3.05, 3.63) is 12.2 Å². The molecule has 2 aliphatic rings. The van der Waals surface area contributed by atoms with Crippen LogP contribution < -0.4 is 0 Å². The van der Waals surface area contributed by atoms with Crippen LogP contribution in [0.15, 0.2) is 12.2 Å². The van der Waals surface area contributed by atoms with Gasteiger partial charge in [0.1, 0.15) is 11.7 Å². The molecular weight excluding hydrogens is 304 g/mol.